The van der Waals surface area contributed by atoms with E-state index in [9.17, 15) is 17.6 Å². The first-order chi connectivity index (χ1) is 13.8. The van der Waals surface area contributed by atoms with Gasteiger partial charge in [-0.05, 0) is 92.9 Å². The van der Waals surface area contributed by atoms with Crippen molar-refractivity contribution in [3.05, 3.63) is 47.3 Å². The van der Waals surface area contributed by atoms with Crippen molar-refractivity contribution in [2.75, 3.05) is 6.61 Å². The van der Waals surface area contributed by atoms with Crippen LogP contribution in [-0.4, -0.2) is 12.7 Å². The Balaban J connectivity index is 1.38. The molecule has 0 bridgehead atoms. The third-order valence-electron chi connectivity index (χ3n) is 6.33. The second kappa shape index (κ2) is 9.75. The van der Waals surface area contributed by atoms with Crippen molar-refractivity contribution in [2.45, 2.75) is 69.6 Å². The highest BCUT2D eigenvalue weighted by Crippen LogP contribution is 2.38. The molecule has 0 atom stereocenters. The van der Waals surface area contributed by atoms with Gasteiger partial charge in [0, 0.05) is 6.61 Å². The first kappa shape index (κ1) is 21.8. The lowest BCUT2D eigenvalue weighted by molar-refractivity contribution is -0.137. The SMILES string of the molecule is N#C/C(F)=C/C1CCC(OCC2CCC(c3ccc(C(F)(F)F)cc3)CC2)CC1. The fraction of sp³-hybridized carbons (Fsp3) is 0.609. The molecule has 3 rings (SSSR count). The minimum absolute atomic E-state index is 0.133. The Kier molecular flexibility index (Phi) is 7.34. The zero-order valence-electron chi connectivity index (χ0n) is 16.4. The average molecular weight is 409 g/mol. The molecule has 158 valence electrons. The molecule has 1 aromatic rings. The van der Waals surface area contributed by atoms with E-state index < -0.39 is 17.6 Å². The molecule has 0 heterocycles. The van der Waals surface area contributed by atoms with Crippen LogP contribution in [0.15, 0.2) is 36.2 Å². The summed E-state index contributed by atoms with van der Waals surface area (Å²) >= 11 is 0. The minimum atomic E-state index is -4.28. The second-order valence-electron chi connectivity index (χ2n) is 8.33. The molecule has 2 aliphatic rings. The summed E-state index contributed by atoms with van der Waals surface area (Å²) in [6, 6.07) is 7.12. The number of hydrogen-bond donors (Lipinski definition) is 0. The molecule has 0 amide bonds. The van der Waals surface area contributed by atoms with Crippen molar-refractivity contribution in [2.24, 2.45) is 11.8 Å². The molecule has 2 saturated carbocycles. The fourth-order valence-corrected chi connectivity index (χ4v) is 4.55. The van der Waals surface area contributed by atoms with Crippen LogP contribution in [0.5, 0.6) is 0 Å². The molecule has 0 N–H and O–H groups in total. The van der Waals surface area contributed by atoms with E-state index in [0.717, 1.165) is 63.5 Å². The van der Waals surface area contributed by atoms with Gasteiger partial charge in [0.05, 0.1) is 11.7 Å². The van der Waals surface area contributed by atoms with Crippen LogP contribution in [0.25, 0.3) is 0 Å². The summed E-state index contributed by atoms with van der Waals surface area (Å²) < 4.78 is 57.2. The third-order valence-corrected chi connectivity index (χ3v) is 6.33. The topological polar surface area (TPSA) is 33.0 Å². The Hall–Kier alpha value is -1.87. The predicted octanol–water partition coefficient (Wildman–Crippen LogP) is 6.93. The highest BCUT2D eigenvalue weighted by Gasteiger charge is 2.31. The van der Waals surface area contributed by atoms with Crippen molar-refractivity contribution in [1.82, 2.24) is 0 Å². The van der Waals surface area contributed by atoms with Gasteiger partial charge in [-0.3, -0.25) is 0 Å². The maximum atomic E-state index is 13.0. The van der Waals surface area contributed by atoms with Crippen molar-refractivity contribution >= 4 is 0 Å². The molecule has 2 fully saturated rings. The lowest BCUT2D eigenvalue weighted by Gasteiger charge is -2.32. The molecule has 0 unspecified atom stereocenters. The van der Waals surface area contributed by atoms with Crippen LogP contribution in [0.3, 0.4) is 0 Å². The van der Waals surface area contributed by atoms with Gasteiger partial charge >= 0.3 is 6.18 Å². The van der Waals surface area contributed by atoms with E-state index in [4.69, 9.17) is 10.00 Å². The van der Waals surface area contributed by atoms with Gasteiger partial charge in [0.1, 0.15) is 6.07 Å². The standard InChI is InChI=1S/C23H27F4NO/c24-21(14-28)13-16-3-11-22(12-4-16)29-15-17-1-5-18(6-2-17)19-7-9-20(10-8-19)23(25,26)27/h7-10,13,16-18,22H,1-6,11-12,15H2/b21-13-. The number of halogens is 4. The molecule has 0 aromatic heterocycles. The van der Waals surface area contributed by atoms with Gasteiger partial charge in [-0.2, -0.15) is 22.8 Å². The van der Waals surface area contributed by atoms with Gasteiger partial charge < -0.3 is 4.74 Å². The van der Waals surface area contributed by atoms with Gasteiger partial charge in [-0.15, -0.1) is 0 Å². The van der Waals surface area contributed by atoms with E-state index in [2.05, 4.69) is 0 Å². The van der Waals surface area contributed by atoms with Crippen molar-refractivity contribution in [3.63, 3.8) is 0 Å². The monoisotopic (exact) mass is 409 g/mol. The molecular weight excluding hydrogens is 382 g/mol. The molecule has 0 spiro atoms. The minimum Gasteiger partial charge on any atom is -0.378 e. The van der Waals surface area contributed by atoms with E-state index in [0.29, 0.717) is 11.8 Å². The number of hydrogen-bond acceptors (Lipinski definition) is 2. The number of ether oxygens (including phenoxy) is 1. The third kappa shape index (κ3) is 6.30. The zero-order valence-corrected chi connectivity index (χ0v) is 16.4. The molecule has 0 radical (unpaired) electrons. The van der Waals surface area contributed by atoms with E-state index in [1.54, 1.807) is 12.1 Å². The van der Waals surface area contributed by atoms with Gasteiger partial charge in [-0.25, -0.2) is 0 Å². The first-order valence-electron chi connectivity index (χ1n) is 10.4. The predicted molar refractivity (Wildman–Crippen MR) is 103 cm³/mol. The van der Waals surface area contributed by atoms with E-state index in [1.165, 1.54) is 24.3 Å². The van der Waals surface area contributed by atoms with Crippen LogP contribution in [0.4, 0.5) is 17.6 Å². The maximum Gasteiger partial charge on any atom is 0.416 e. The Labute approximate surface area is 169 Å². The van der Waals surface area contributed by atoms with Crippen molar-refractivity contribution < 1.29 is 22.3 Å². The summed E-state index contributed by atoms with van der Waals surface area (Å²) in [5.74, 6) is 0.257. The molecule has 2 aliphatic carbocycles. The molecule has 6 heteroatoms. The van der Waals surface area contributed by atoms with Crippen LogP contribution in [0.1, 0.15) is 68.4 Å². The van der Waals surface area contributed by atoms with Crippen LogP contribution in [-0.2, 0) is 10.9 Å². The Morgan fingerprint density at radius 1 is 1.00 bits per heavy atom. The summed E-state index contributed by atoms with van der Waals surface area (Å²) in [4.78, 5) is 0. The number of rotatable bonds is 5. The van der Waals surface area contributed by atoms with Gasteiger partial charge in [0.15, 0.2) is 5.83 Å². The van der Waals surface area contributed by atoms with Crippen LogP contribution in [0.2, 0.25) is 0 Å². The van der Waals surface area contributed by atoms with E-state index >= 15 is 0 Å². The molecule has 29 heavy (non-hydrogen) atoms. The quantitative estimate of drug-likeness (QED) is 0.390. The number of benzene rings is 1. The summed E-state index contributed by atoms with van der Waals surface area (Å²) in [5, 5.41) is 8.52. The van der Waals surface area contributed by atoms with Crippen LogP contribution in [0, 0.1) is 23.2 Å². The largest absolute Gasteiger partial charge is 0.416 e. The fourth-order valence-electron chi connectivity index (χ4n) is 4.55. The number of nitrogens with zero attached hydrogens (tertiary/aromatic N) is 1. The molecule has 0 saturated heterocycles. The molecule has 0 aliphatic heterocycles. The summed E-state index contributed by atoms with van der Waals surface area (Å²) in [5.41, 5.74) is 0.400. The van der Waals surface area contributed by atoms with Crippen LogP contribution < -0.4 is 0 Å². The summed E-state index contributed by atoms with van der Waals surface area (Å²) in [7, 11) is 0. The molecular formula is C23H27F4NO. The normalized spacial score (nSPS) is 28.7. The second-order valence-corrected chi connectivity index (χ2v) is 8.33. The average Bonchev–Trinajstić information content (AvgIpc) is 2.73. The van der Waals surface area contributed by atoms with E-state index in [-0.39, 0.29) is 12.0 Å². The smallest absolute Gasteiger partial charge is 0.378 e. The Morgan fingerprint density at radius 2 is 1.62 bits per heavy atom. The Morgan fingerprint density at radius 3 is 2.17 bits per heavy atom. The zero-order chi connectivity index (χ0) is 20.9. The molecule has 2 nitrogen and oxygen atoms in total. The molecule has 1 aromatic carbocycles. The van der Waals surface area contributed by atoms with Crippen LogP contribution >= 0.6 is 0 Å². The van der Waals surface area contributed by atoms with Gasteiger partial charge in [0.25, 0.3) is 0 Å². The number of allylic oxidation sites excluding steroid dienone is 2. The van der Waals surface area contributed by atoms with Gasteiger partial charge in [-0.1, -0.05) is 12.1 Å². The van der Waals surface area contributed by atoms with Gasteiger partial charge in [0.2, 0.25) is 0 Å². The lowest BCUT2D eigenvalue weighted by atomic mass is 9.79. The van der Waals surface area contributed by atoms with Crippen molar-refractivity contribution in [3.8, 4) is 6.07 Å². The maximum absolute atomic E-state index is 13.0. The lowest BCUT2D eigenvalue weighted by Crippen LogP contribution is -2.25. The first-order valence-corrected chi connectivity index (χ1v) is 10.4. The Bertz CT molecular complexity index is 719. The highest BCUT2D eigenvalue weighted by atomic mass is 19.4. The van der Waals surface area contributed by atoms with E-state index in [1.807, 2.05) is 0 Å². The summed E-state index contributed by atoms with van der Waals surface area (Å²) in [6.45, 7) is 0.720. The van der Waals surface area contributed by atoms with Crippen molar-refractivity contribution in [1.29, 1.82) is 5.26 Å². The summed E-state index contributed by atoms with van der Waals surface area (Å²) in [6.07, 6.45) is 4.83. The highest BCUT2D eigenvalue weighted by molar-refractivity contribution is 5.27. The number of alkyl halides is 3. The number of nitriles is 1.